The number of hydrogen-bond acceptors (Lipinski definition) is 3. The minimum atomic E-state index is -0.299. The zero-order valence-corrected chi connectivity index (χ0v) is 16.1. The van der Waals surface area contributed by atoms with E-state index in [1.54, 1.807) is 0 Å². The van der Waals surface area contributed by atoms with E-state index >= 15 is 0 Å². The van der Waals surface area contributed by atoms with Gasteiger partial charge in [-0.2, -0.15) is 0 Å². The van der Waals surface area contributed by atoms with Crippen molar-refractivity contribution in [3.8, 4) is 0 Å². The second-order valence-electron chi connectivity index (χ2n) is 7.66. The molecule has 0 aliphatic heterocycles. The van der Waals surface area contributed by atoms with Gasteiger partial charge in [-0.05, 0) is 45.6 Å². The Labute approximate surface area is 148 Å². The summed E-state index contributed by atoms with van der Waals surface area (Å²) in [5.74, 6) is 0.137. The second-order valence-corrected chi connectivity index (χ2v) is 7.66. The van der Waals surface area contributed by atoms with Crippen molar-refractivity contribution in [1.82, 2.24) is 0 Å². The normalized spacial score (nSPS) is 15.9. The summed E-state index contributed by atoms with van der Waals surface area (Å²) in [5, 5.41) is 10.3. The Balaban J connectivity index is 2.40. The van der Waals surface area contributed by atoms with Gasteiger partial charge in [0, 0.05) is 12.5 Å². The molecule has 138 valence electrons. The summed E-state index contributed by atoms with van der Waals surface area (Å²) in [6.07, 6.45) is 3.44. The van der Waals surface area contributed by atoms with Crippen molar-refractivity contribution in [1.29, 1.82) is 0 Å². The molecule has 0 fully saturated rings. The van der Waals surface area contributed by atoms with Crippen LogP contribution in [-0.2, 0) is 16.1 Å². The molecule has 0 bridgehead atoms. The van der Waals surface area contributed by atoms with Crippen molar-refractivity contribution in [2.75, 3.05) is 6.61 Å². The number of benzene rings is 1. The summed E-state index contributed by atoms with van der Waals surface area (Å²) >= 11 is 0. The molecule has 0 aliphatic rings. The zero-order chi connectivity index (χ0) is 18.0. The maximum Gasteiger partial charge on any atom is 0.0716 e. The van der Waals surface area contributed by atoms with Gasteiger partial charge in [0.2, 0.25) is 0 Å². The average molecular weight is 337 g/mol. The third-order valence-corrected chi connectivity index (χ3v) is 4.17. The lowest BCUT2D eigenvalue weighted by Gasteiger charge is -2.34. The van der Waals surface area contributed by atoms with Crippen molar-refractivity contribution in [3.63, 3.8) is 0 Å². The molecule has 0 aromatic heterocycles. The lowest BCUT2D eigenvalue weighted by atomic mass is 9.91. The molecule has 0 radical (unpaired) electrons. The fourth-order valence-electron chi connectivity index (χ4n) is 2.84. The van der Waals surface area contributed by atoms with E-state index in [4.69, 9.17) is 9.47 Å². The number of rotatable bonds is 11. The summed E-state index contributed by atoms with van der Waals surface area (Å²) in [6, 6.07) is 10.2. The minimum absolute atomic E-state index is 0.0619. The van der Waals surface area contributed by atoms with Crippen molar-refractivity contribution in [3.05, 3.63) is 35.9 Å². The van der Waals surface area contributed by atoms with Gasteiger partial charge in [-0.25, -0.2) is 0 Å². The average Bonchev–Trinajstić information content (AvgIpc) is 2.53. The quantitative estimate of drug-likeness (QED) is 0.580. The van der Waals surface area contributed by atoms with E-state index in [0.29, 0.717) is 6.61 Å². The minimum Gasteiger partial charge on any atom is -0.393 e. The molecule has 0 heterocycles. The van der Waals surface area contributed by atoms with Crippen LogP contribution < -0.4 is 0 Å². The summed E-state index contributed by atoms with van der Waals surface area (Å²) in [4.78, 5) is 0. The van der Waals surface area contributed by atoms with Crippen LogP contribution in [0.4, 0.5) is 0 Å². The molecule has 0 aliphatic carbocycles. The van der Waals surface area contributed by atoms with Crippen LogP contribution in [0.1, 0.15) is 65.9 Å². The summed E-state index contributed by atoms with van der Waals surface area (Å²) in [6.45, 7) is 11.8. The molecule has 0 amide bonds. The third-order valence-electron chi connectivity index (χ3n) is 4.17. The molecule has 1 rings (SSSR count). The Morgan fingerprint density at radius 1 is 1.08 bits per heavy atom. The van der Waals surface area contributed by atoms with E-state index in [0.717, 1.165) is 32.3 Å². The topological polar surface area (TPSA) is 38.7 Å². The molecule has 3 heteroatoms. The van der Waals surface area contributed by atoms with Crippen LogP contribution in [0.25, 0.3) is 0 Å². The Bertz CT molecular complexity index is 424. The number of ether oxygens (including phenoxy) is 2. The van der Waals surface area contributed by atoms with Gasteiger partial charge in [-0.3, -0.25) is 0 Å². The molecule has 3 nitrogen and oxygen atoms in total. The molecule has 1 aromatic rings. The summed E-state index contributed by atoms with van der Waals surface area (Å²) < 4.78 is 12.0. The number of aliphatic hydroxyl groups excluding tert-OH is 1. The van der Waals surface area contributed by atoms with Crippen molar-refractivity contribution in [2.45, 2.75) is 84.7 Å². The number of hydrogen-bond donors (Lipinski definition) is 1. The molecule has 0 saturated carbocycles. The Morgan fingerprint density at radius 3 is 2.33 bits per heavy atom. The van der Waals surface area contributed by atoms with E-state index in [-0.39, 0.29) is 23.7 Å². The highest BCUT2D eigenvalue weighted by atomic mass is 16.5. The first kappa shape index (κ1) is 21.1. The standard InChI is InChI=1S/C21H36O3/c1-6-11-19(22)17(2)20(24-21(3,4)5)14-10-15-23-16-18-12-8-7-9-13-18/h7-9,12-13,17,19-20,22H,6,10-11,14-16H2,1-5H3/t17-,19+,20-/m0/s1. The largest absolute Gasteiger partial charge is 0.393 e. The predicted molar refractivity (Wildman–Crippen MR) is 100 cm³/mol. The molecule has 3 atom stereocenters. The third kappa shape index (κ3) is 8.81. The lowest BCUT2D eigenvalue weighted by molar-refractivity contribution is -0.109. The monoisotopic (exact) mass is 336 g/mol. The van der Waals surface area contributed by atoms with Gasteiger partial charge in [-0.15, -0.1) is 0 Å². The number of aliphatic hydroxyl groups is 1. The van der Waals surface area contributed by atoms with Gasteiger partial charge < -0.3 is 14.6 Å². The SMILES string of the molecule is CCC[C@@H](O)[C@H](C)[C@H](CCCOCc1ccccc1)OC(C)(C)C. The Morgan fingerprint density at radius 2 is 1.75 bits per heavy atom. The zero-order valence-electron chi connectivity index (χ0n) is 16.1. The predicted octanol–water partition coefficient (Wildman–Crippen LogP) is 4.96. The second kappa shape index (κ2) is 10.9. The van der Waals surface area contributed by atoms with Crippen molar-refractivity contribution >= 4 is 0 Å². The van der Waals surface area contributed by atoms with Crippen LogP contribution >= 0.6 is 0 Å². The Kier molecular flexibility index (Phi) is 9.57. The summed E-state index contributed by atoms with van der Waals surface area (Å²) in [7, 11) is 0. The molecule has 0 unspecified atom stereocenters. The maximum atomic E-state index is 10.3. The molecule has 0 saturated heterocycles. The molecular weight excluding hydrogens is 300 g/mol. The van der Waals surface area contributed by atoms with Crippen LogP contribution in [0, 0.1) is 5.92 Å². The van der Waals surface area contributed by atoms with E-state index in [1.807, 2.05) is 18.2 Å². The van der Waals surface area contributed by atoms with Crippen LogP contribution in [0.15, 0.2) is 30.3 Å². The van der Waals surface area contributed by atoms with Gasteiger partial charge in [0.05, 0.1) is 24.4 Å². The molecule has 1 aromatic carbocycles. The molecule has 0 spiro atoms. The van der Waals surface area contributed by atoms with Crippen LogP contribution in [0.5, 0.6) is 0 Å². The van der Waals surface area contributed by atoms with Gasteiger partial charge >= 0.3 is 0 Å². The first-order valence-corrected chi connectivity index (χ1v) is 9.31. The highest BCUT2D eigenvalue weighted by Crippen LogP contribution is 2.25. The van der Waals surface area contributed by atoms with Gasteiger partial charge in [0.25, 0.3) is 0 Å². The van der Waals surface area contributed by atoms with Gasteiger partial charge in [-0.1, -0.05) is 50.6 Å². The Hall–Kier alpha value is -0.900. The van der Waals surface area contributed by atoms with E-state index in [1.165, 1.54) is 5.56 Å². The van der Waals surface area contributed by atoms with Crippen LogP contribution in [0.3, 0.4) is 0 Å². The smallest absolute Gasteiger partial charge is 0.0716 e. The first-order valence-electron chi connectivity index (χ1n) is 9.31. The fraction of sp³-hybridized carbons (Fsp3) is 0.714. The van der Waals surface area contributed by atoms with E-state index in [2.05, 4.69) is 46.8 Å². The fourth-order valence-corrected chi connectivity index (χ4v) is 2.84. The van der Waals surface area contributed by atoms with Crippen LogP contribution in [0.2, 0.25) is 0 Å². The molecule has 1 N–H and O–H groups in total. The highest BCUT2D eigenvalue weighted by molar-refractivity contribution is 5.13. The van der Waals surface area contributed by atoms with Crippen LogP contribution in [-0.4, -0.2) is 29.5 Å². The highest BCUT2D eigenvalue weighted by Gasteiger charge is 2.28. The maximum absolute atomic E-state index is 10.3. The summed E-state index contributed by atoms with van der Waals surface area (Å²) in [5.41, 5.74) is 1.00. The molecular formula is C21H36O3. The van der Waals surface area contributed by atoms with E-state index in [9.17, 15) is 5.11 Å². The molecule has 24 heavy (non-hydrogen) atoms. The first-order chi connectivity index (χ1) is 11.3. The van der Waals surface area contributed by atoms with Crippen molar-refractivity contribution in [2.24, 2.45) is 5.92 Å². The van der Waals surface area contributed by atoms with Gasteiger partial charge in [0.15, 0.2) is 0 Å². The van der Waals surface area contributed by atoms with E-state index < -0.39 is 0 Å². The lowest BCUT2D eigenvalue weighted by Crippen LogP contribution is -2.37. The van der Waals surface area contributed by atoms with Crippen molar-refractivity contribution < 1.29 is 14.6 Å². The van der Waals surface area contributed by atoms with Gasteiger partial charge in [0.1, 0.15) is 0 Å².